The smallest absolute Gasteiger partial charge is 0.143 e. The lowest BCUT2D eigenvalue weighted by molar-refractivity contribution is 0.527. The summed E-state index contributed by atoms with van der Waals surface area (Å²) in [6, 6.07) is 52.2. The summed E-state index contributed by atoms with van der Waals surface area (Å²) >= 11 is 0. The second kappa shape index (κ2) is 14.3. The molecule has 1 aliphatic rings. The molecule has 2 heterocycles. The standard InChI is InChI=1S/C39H23NO.C17H22/c1-2-10-36-31(6-1)34-8-5-7-29(39(34)41-36)25-13-11-24(12-14-25)28-19-15-26-18-22-33-30(35-9-3-4-23-40-35)20-16-27-17-21-32(28)37(26)38(27)33;1-5-8-15-13(6-2)10-11-14-9-7-12-17(3,4)16(14)15/h1-23H;5,7-11H,6,12H2,1-4H3/b;8-5-. The first-order chi connectivity index (χ1) is 28.4. The van der Waals surface area contributed by atoms with Gasteiger partial charge in [-0.25, -0.2) is 0 Å². The zero-order chi connectivity index (χ0) is 39.4. The normalized spacial score (nSPS) is 13.5. The van der Waals surface area contributed by atoms with Crippen molar-refractivity contribution in [1.82, 2.24) is 4.98 Å². The van der Waals surface area contributed by atoms with Crippen LogP contribution in [-0.2, 0) is 11.8 Å². The van der Waals surface area contributed by atoms with Crippen LogP contribution in [0.1, 0.15) is 56.4 Å². The molecule has 0 spiro atoms. The fourth-order valence-electron chi connectivity index (χ4n) is 9.42. The number of aromatic nitrogens is 1. The number of furan rings is 1. The number of fused-ring (bicyclic) bond motifs is 4. The molecule has 10 aromatic rings. The van der Waals surface area contributed by atoms with Gasteiger partial charge in [0.15, 0.2) is 0 Å². The third-order valence-corrected chi connectivity index (χ3v) is 12.2. The molecule has 0 saturated heterocycles. The van der Waals surface area contributed by atoms with Crippen LogP contribution < -0.4 is 0 Å². The zero-order valence-corrected chi connectivity index (χ0v) is 33.5. The molecule has 8 aromatic carbocycles. The minimum atomic E-state index is 0.254. The maximum Gasteiger partial charge on any atom is 0.143 e. The quantitative estimate of drug-likeness (QED) is 0.164. The number of hydrogen-bond acceptors (Lipinski definition) is 2. The number of para-hydroxylation sites is 2. The van der Waals surface area contributed by atoms with Gasteiger partial charge in [-0.15, -0.1) is 0 Å². The lowest BCUT2D eigenvalue weighted by Crippen LogP contribution is -2.22. The van der Waals surface area contributed by atoms with E-state index in [1.807, 2.05) is 24.4 Å². The number of allylic oxidation sites excluding steroid dienone is 2. The van der Waals surface area contributed by atoms with Crippen LogP contribution in [0.25, 0.3) is 99.9 Å². The van der Waals surface area contributed by atoms with Gasteiger partial charge in [0.2, 0.25) is 0 Å². The van der Waals surface area contributed by atoms with Crippen LogP contribution in [-0.4, -0.2) is 4.98 Å². The zero-order valence-electron chi connectivity index (χ0n) is 33.5. The van der Waals surface area contributed by atoms with Gasteiger partial charge in [0, 0.05) is 28.1 Å². The Balaban J connectivity index is 0.000000202. The lowest BCUT2D eigenvalue weighted by Gasteiger charge is -2.32. The van der Waals surface area contributed by atoms with Crippen molar-refractivity contribution in [3.05, 3.63) is 186 Å². The molecule has 1 aliphatic carbocycles. The molecule has 11 rings (SSSR count). The van der Waals surface area contributed by atoms with Gasteiger partial charge in [-0.05, 0) is 115 Å². The van der Waals surface area contributed by atoms with E-state index in [0.717, 1.165) is 51.6 Å². The second-order valence-corrected chi connectivity index (χ2v) is 16.2. The van der Waals surface area contributed by atoms with Gasteiger partial charge < -0.3 is 4.42 Å². The maximum absolute atomic E-state index is 6.31. The fraction of sp³-hybridized carbons (Fsp3) is 0.125. The highest BCUT2D eigenvalue weighted by Gasteiger charge is 2.27. The van der Waals surface area contributed by atoms with E-state index in [9.17, 15) is 0 Å². The molecule has 0 fully saturated rings. The highest BCUT2D eigenvalue weighted by Crippen LogP contribution is 2.43. The molecule has 2 heteroatoms. The summed E-state index contributed by atoms with van der Waals surface area (Å²) in [5, 5.41) is 9.94. The van der Waals surface area contributed by atoms with E-state index in [4.69, 9.17) is 4.42 Å². The number of rotatable bonds is 5. The first-order valence-corrected chi connectivity index (χ1v) is 20.5. The molecule has 2 nitrogen and oxygen atoms in total. The summed E-state index contributed by atoms with van der Waals surface area (Å²) < 4.78 is 6.31. The molecule has 58 heavy (non-hydrogen) atoms. The van der Waals surface area contributed by atoms with Crippen molar-refractivity contribution in [3.63, 3.8) is 0 Å². The Kier molecular flexibility index (Phi) is 8.79. The average molecular weight is 748 g/mol. The highest BCUT2D eigenvalue weighted by molar-refractivity contribution is 6.27. The van der Waals surface area contributed by atoms with E-state index in [1.165, 1.54) is 71.3 Å². The predicted molar refractivity (Wildman–Crippen MR) is 249 cm³/mol. The lowest BCUT2D eigenvalue weighted by atomic mass is 9.72. The minimum Gasteiger partial charge on any atom is -0.455 e. The van der Waals surface area contributed by atoms with Crippen LogP contribution in [0.4, 0.5) is 0 Å². The van der Waals surface area contributed by atoms with Gasteiger partial charge in [0.1, 0.15) is 11.2 Å². The molecule has 0 radical (unpaired) electrons. The summed E-state index contributed by atoms with van der Waals surface area (Å²) in [5.41, 5.74) is 14.8. The summed E-state index contributed by atoms with van der Waals surface area (Å²) in [4.78, 5) is 4.65. The van der Waals surface area contributed by atoms with E-state index < -0.39 is 0 Å². The first kappa shape index (κ1) is 35.6. The largest absolute Gasteiger partial charge is 0.455 e. The second-order valence-electron chi connectivity index (χ2n) is 16.2. The fourth-order valence-corrected chi connectivity index (χ4v) is 9.42. The molecule has 0 unspecified atom stereocenters. The van der Waals surface area contributed by atoms with Crippen molar-refractivity contribution in [2.75, 3.05) is 0 Å². The molecule has 0 saturated carbocycles. The van der Waals surface area contributed by atoms with Crippen LogP contribution in [0.5, 0.6) is 0 Å². The Labute approximate surface area is 340 Å². The third kappa shape index (κ3) is 5.91. The third-order valence-electron chi connectivity index (χ3n) is 12.2. The van der Waals surface area contributed by atoms with Crippen LogP contribution in [0.3, 0.4) is 0 Å². The van der Waals surface area contributed by atoms with Gasteiger partial charge >= 0.3 is 0 Å². The average Bonchev–Trinajstić information content (AvgIpc) is 3.65. The predicted octanol–water partition coefficient (Wildman–Crippen LogP) is 15.9. The van der Waals surface area contributed by atoms with Crippen molar-refractivity contribution < 1.29 is 4.42 Å². The SMILES string of the molecule is C/C=C\c1c(CC)ccc2c1C(C)(C)CC=C2.c1ccc(-c2ccc3ccc4c(-c5ccc(-c6cccc7c6oc6ccccc67)cc5)ccc5ccc2c3c54)nc1. The molecule has 0 aliphatic heterocycles. The van der Waals surface area contributed by atoms with Crippen molar-refractivity contribution in [2.24, 2.45) is 0 Å². The summed E-state index contributed by atoms with van der Waals surface area (Å²) in [5.74, 6) is 0. The molecule has 280 valence electrons. The van der Waals surface area contributed by atoms with E-state index in [1.54, 1.807) is 0 Å². The van der Waals surface area contributed by atoms with Crippen LogP contribution >= 0.6 is 0 Å². The maximum atomic E-state index is 6.31. The van der Waals surface area contributed by atoms with Crippen molar-refractivity contribution in [1.29, 1.82) is 0 Å². The van der Waals surface area contributed by atoms with Gasteiger partial charge in [-0.1, -0.05) is 172 Å². The summed E-state index contributed by atoms with van der Waals surface area (Å²) in [6.45, 7) is 9.04. The van der Waals surface area contributed by atoms with Gasteiger partial charge in [-0.3, -0.25) is 4.98 Å². The number of aryl methyl sites for hydroxylation is 1. The Morgan fingerprint density at radius 2 is 1.29 bits per heavy atom. The summed E-state index contributed by atoms with van der Waals surface area (Å²) in [7, 11) is 0. The Hall–Kier alpha value is -6.77. The number of benzene rings is 8. The first-order valence-electron chi connectivity index (χ1n) is 20.5. The van der Waals surface area contributed by atoms with E-state index in [-0.39, 0.29) is 5.41 Å². The number of hydrogen-bond donors (Lipinski definition) is 0. The molecule has 2 aromatic heterocycles. The van der Waals surface area contributed by atoms with Crippen molar-refractivity contribution in [3.8, 4) is 33.5 Å². The molecular formula is C56H45NO. The van der Waals surface area contributed by atoms with E-state index in [2.05, 4.69) is 184 Å². The Bertz CT molecular complexity index is 3200. The van der Waals surface area contributed by atoms with Crippen LogP contribution in [0.15, 0.2) is 168 Å². The van der Waals surface area contributed by atoms with Gasteiger partial charge in [0.25, 0.3) is 0 Å². The Morgan fingerprint density at radius 1 is 0.621 bits per heavy atom. The van der Waals surface area contributed by atoms with Gasteiger partial charge in [-0.2, -0.15) is 0 Å². The number of nitrogens with zero attached hydrogens (tertiary/aromatic N) is 1. The molecular weight excluding hydrogens is 703 g/mol. The molecule has 0 bridgehead atoms. The monoisotopic (exact) mass is 747 g/mol. The van der Waals surface area contributed by atoms with Gasteiger partial charge in [0.05, 0.1) is 5.69 Å². The molecule has 0 N–H and O–H groups in total. The van der Waals surface area contributed by atoms with E-state index >= 15 is 0 Å². The summed E-state index contributed by atoms with van der Waals surface area (Å²) in [6.07, 6.45) is 13.1. The van der Waals surface area contributed by atoms with Crippen LogP contribution in [0.2, 0.25) is 0 Å². The Morgan fingerprint density at radius 3 is 2.02 bits per heavy atom. The molecule has 0 atom stereocenters. The van der Waals surface area contributed by atoms with Crippen molar-refractivity contribution >= 4 is 66.4 Å². The van der Waals surface area contributed by atoms with Crippen LogP contribution in [0, 0.1) is 0 Å². The highest BCUT2D eigenvalue weighted by atomic mass is 16.3. The van der Waals surface area contributed by atoms with Crippen molar-refractivity contribution in [2.45, 2.75) is 46.0 Å². The molecule has 0 amide bonds. The topological polar surface area (TPSA) is 26.0 Å². The number of pyridine rings is 1. The van der Waals surface area contributed by atoms with E-state index in [0.29, 0.717) is 0 Å². The minimum absolute atomic E-state index is 0.254.